The van der Waals surface area contributed by atoms with Crippen molar-refractivity contribution >= 4 is 5.91 Å². The van der Waals surface area contributed by atoms with Crippen molar-refractivity contribution in [1.82, 2.24) is 20.1 Å². The van der Waals surface area contributed by atoms with E-state index >= 15 is 0 Å². The van der Waals surface area contributed by atoms with Crippen LogP contribution in [0, 0.1) is 19.8 Å². The summed E-state index contributed by atoms with van der Waals surface area (Å²) in [6.45, 7) is 4.82. The van der Waals surface area contributed by atoms with Crippen LogP contribution in [0.2, 0.25) is 0 Å². The maximum absolute atomic E-state index is 12.5. The third kappa shape index (κ3) is 3.69. The van der Waals surface area contributed by atoms with E-state index in [1.54, 1.807) is 6.20 Å². The Hall–Kier alpha value is -3.15. The molecule has 1 aliphatic heterocycles. The van der Waals surface area contributed by atoms with Crippen LogP contribution >= 0.6 is 0 Å². The Balaban J connectivity index is 1.36. The third-order valence-electron chi connectivity index (χ3n) is 4.75. The summed E-state index contributed by atoms with van der Waals surface area (Å²) in [6, 6.07) is 13.8. The second-order valence-electron chi connectivity index (χ2n) is 6.90. The number of benzene rings is 1. The first-order valence-corrected chi connectivity index (χ1v) is 9.07. The van der Waals surface area contributed by atoms with E-state index in [2.05, 4.69) is 15.4 Å². The van der Waals surface area contributed by atoms with Gasteiger partial charge < -0.3 is 10.1 Å². The van der Waals surface area contributed by atoms with E-state index in [-0.39, 0.29) is 11.8 Å². The van der Waals surface area contributed by atoms with E-state index in [0.717, 1.165) is 34.1 Å². The fraction of sp³-hybridized carbons (Fsp3) is 0.286. The molecule has 6 heteroatoms. The first-order chi connectivity index (χ1) is 13.1. The van der Waals surface area contributed by atoms with Crippen molar-refractivity contribution < 1.29 is 9.53 Å². The van der Waals surface area contributed by atoms with E-state index in [4.69, 9.17) is 4.74 Å². The number of nitrogens with zero attached hydrogens (tertiary/aromatic N) is 3. The van der Waals surface area contributed by atoms with E-state index < -0.39 is 0 Å². The van der Waals surface area contributed by atoms with E-state index in [9.17, 15) is 4.79 Å². The van der Waals surface area contributed by atoms with Gasteiger partial charge in [0.15, 0.2) is 5.82 Å². The third-order valence-corrected chi connectivity index (χ3v) is 4.75. The molecule has 1 N–H and O–H groups in total. The molecule has 27 heavy (non-hydrogen) atoms. The van der Waals surface area contributed by atoms with Crippen LogP contribution in [-0.2, 0) is 17.8 Å². The summed E-state index contributed by atoms with van der Waals surface area (Å²) >= 11 is 0. The van der Waals surface area contributed by atoms with Gasteiger partial charge in [0.25, 0.3) is 0 Å². The summed E-state index contributed by atoms with van der Waals surface area (Å²) in [4.78, 5) is 17.0. The molecule has 138 valence electrons. The van der Waals surface area contributed by atoms with E-state index in [1.165, 1.54) is 0 Å². The van der Waals surface area contributed by atoms with Gasteiger partial charge in [-0.2, -0.15) is 5.10 Å². The highest BCUT2D eigenvalue weighted by atomic mass is 16.5. The Morgan fingerprint density at radius 2 is 2.11 bits per heavy atom. The number of hydrogen-bond acceptors (Lipinski definition) is 4. The van der Waals surface area contributed by atoms with E-state index in [1.807, 2.05) is 61.0 Å². The minimum Gasteiger partial charge on any atom is -0.492 e. The highest BCUT2D eigenvalue weighted by molar-refractivity contribution is 5.79. The van der Waals surface area contributed by atoms with Crippen molar-refractivity contribution in [3.05, 3.63) is 71.2 Å². The number of carbonyl (C=O) groups is 1. The van der Waals surface area contributed by atoms with Gasteiger partial charge in [0, 0.05) is 18.4 Å². The Morgan fingerprint density at radius 3 is 2.85 bits per heavy atom. The van der Waals surface area contributed by atoms with Gasteiger partial charge in [-0.3, -0.25) is 4.79 Å². The van der Waals surface area contributed by atoms with Gasteiger partial charge in [-0.05, 0) is 49.6 Å². The smallest absolute Gasteiger partial charge is 0.227 e. The monoisotopic (exact) mass is 362 g/mol. The van der Waals surface area contributed by atoms with Crippen LogP contribution in [0.1, 0.15) is 22.5 Å². The predicted octanol–water partition coefficient (Wildman–Crippen LogP) is 2.75. The SMILES string of the molecule is Cc1cc(C)n(-c2ccc(CNC(=O)C3COc4ccccc4C3)cn2)n1. The molecule has 1 atom stereocenters. The Labute approximate surface area is 158 Å². The van der Waals surface area contributed by atoms with E-state index in [0.29, 0.717) is 19.6 Å². The lowest BCUT2D eigenvalue weighted by Gasteiger charge is -2.24. The topological polar surface area (TPSA) is 69.0 Å². The first kappa shape index (κ1) is 17.3. The van der Waals surface area contributed by atoms with Crippen LogP contribution in [-0.4, -0.2) is 27.3 Å². The number of amides is 1. The van der Waals surface area contributed by atoms with Crippen LogP contribution in [0.25, 0.3) is 5.82 Å². The summed E-state index contributed by atoms with van der Waals surface area (Å²) in [5.74, 6) is 1.49. The molecular weight excluding hydrogens is 340 g/mol. The zero-order valence-corrected chi connectivity index (χ0v) is 15.5. The van der Waals surface area contributed by atoms with Crippen molar-refractivity contribution in [2.75, 3.05) is 6.61 Å². The number of carbonyl (C=O) groups excluding carboxylic acids is 1. The van der Waals surface area contributed by atoms with Gasteiger partial charge in [-0.1, -0.05) is 24.3 Å². The molecule has 1 aromatic carbocycles. The molecule has 1 unspecified atom stereocenters. The van der Waals surface area contributed by atoms with Gasteiger partial charge in [-0.15, -0.1) is 0 Å². The molecule has 0 aliphatic carbocycles. The number of pyridine rings is 1. The van der Waals surface area contributed by atoms with Crippen molar-refractivity contribution in [3.63, 3.8) is 0 Å². The molecule has 1 aliphatic rings. The largest absolute Gasteiger partial charge is 0.492 e. The van der Waals surface area contributed by atoms with Crippen molar-refractivity contribution in [3.8, 4) is 11.6 Å². The average molecular weight is 362 g/mol. The molecular formula is C21H22N4O2. The fourth-order valence-corrected chi connectivity index (χ4v) is 3.34. The van der Waals surface area contributed by atoms with Crippen molar-refractivity contribution in [2.24, 2.45) is 5.92 Å². The van der Waals surface area contributed by atoms with Crippen LogP contribution < -0.4 is 10.1 Å². The number of rotatable bonds is 4. The minimum absolute atomic E-state index is 0.00660. The predicted molar refractivity (Wildman–Crippen MR) is 102 cm³/mol. The molecule has 0 radical (unpaired) electrons. The Kier molecular flexibility index (Phi) is 4.62. The van der Waals surface area contributed by atoms with Gasteiger partial charge in [0.1, 0.15) is 12.4 Å². The maximum Gasteiger partial charge on any atom is 0.227 e. The number of aromatic nitrogens is 3. The molecule has 0 spiro atoms. The molecule has 3 aromatic rings. The highest BCUT2D eigenvalue weighted by Crippen LogP contribution is 2.26. The second kappa shape index (κ2) is 7.23. The number of para-hydroxylation sites is 1. The Bertz CT molecular complexity index is 963. The maximum atomic E-state index is 12.5. The number of nitrogens with one attached hydrogen (secondary N) is 1. The lowest BCUT2D eigenvalue weighted by molar-refractivity contribution is -0.126. The first-order valence-electron chi connectivity index (χ1n) is 9.07. The summed E-state index contributed by atoms with van der Waals surface area (Å²) < 4.78 is 7.52. The van der Waals surface area contributed by atoms with Gasteiger partial charge in [0.05, 0.1) is 11.6 Å². The number of fused-ring (bicyclic) bond motifs is 1. The number of aryl methyl sites for hydroxylation is 2. The molecule has 2 aromatic heterocycles. The molecule has 3 heterocycles. The molecule has 1 amide bonds. The minimum atomic E-state index is -0.165. The molecule has 0 fully saturated rings. The highest BCUT2D eigenvalue weighted by Gasteiger charge is 2.25. The molecule has 6 nitrogen and oxygen atoms in total. The van der Waals surface area contributed by atoms with Crippen molar-refractivity contribution in [1.29, 1.82) is 0 Å². The van der Waals surface area contributed by atoms with Crippen LogP contribution in [0.5, 0.6) is 5.75 Å². The Morgan fingerprint density at radius 1 is 1.26 bits per heavy atom. The van der Waals surface area contributed by atoms with Gasteiger partial charge >= 0.3 is 0 Å². The summed E-state index contributed by atoms with van der Waals surface area (Å²) in [5, 5.41) is 7.43. The molecule has 4 rings (SSSR count). The number of ether oxygens (including phenoxy) is 1. The molecule has 0 saturated heterocycles. The zero-order valence-electron chi connectivity index (χ0n) is 15.5. The van der Waals surface area contributed by atoms with Crippen molar-refractivity contribution in [2.45, 2.75) is 26.8 Å². The summed E-state index contributed by atoms with van der Waals surface area (Å²) in [7, 11) is 0. The fourth-order valence-electron chi connectivity index (χ4n) is 3.34. The lowest BCUT2D eigenvalue weighted by atomic mass is 9.96. The van der Waals surface area contributed by atoms with Crippen LogP contribution in [0.4, 0.5) is 0 Å². The van der Waals surface area contributed by atoms with Gasteiger partial charge in [-0.25, -0.2) is 9.67 Å². The molecule has 0 saturated carbocycles. The van der Waals surface area contributed by atoms with Crippen LogP contribution in [0.15, 0.2) is 48.7 Å². The number of hydrogen-bond donors (Lipinski definition) is 1. The quantitative estimate of drug-likeness (QED) is 0.775. The summed E-state index contributed by atoms with van der Waals surface area (Å²) in [6.07, 6.45) is 2.48. The average Bonchev–Trinajstić information content (AvgIpc) is 3.04. The van der Waals surface area contributed by atoms with Gasteiger partial charge in [0.2, 0.25) is 5.91 Å². The normalized spacial score (nSPS) is 15.7. The van der Waals surface area contributed by atoms with Crippen LogP contribution in [0.3, 0.4) is 0 Å². The zero-order chi connectivity index (χ0) is 18.8. The standard InChI is InChI=1S/C21H22N4O2/c1-14-9-15(2)25(24-14)20-8-7-16(11-22-20)12-23-21(26)18-10-17-5-3-4-6-19(17)27-13-18/h3-9,11,18H,10,12-13H2,1-2H3,(H,23,26). The lowest BCUT2D eigenvalue weighted by Crippen LogP contribution is -2.37. The summed E-state index contributed by atoms with van der Waals surface area (Å²) in [5.41, 5.74) is 4.03. The second-order valence-corrected chi connectivity index (χ2v) is 6.90. The molecule has 0 bridgehead atoms.